The molecule has 1 aromatic heterocycles. The van der Waals surface area contributed by atoms with Crippen LogP contribution in [0.15, 0.2) is 57.4 Å². The highest BCUT2D eigenvalue weighted by molar-refractivity contribution is 9.10. The van der Waals surface area contributed by atoms with Crippen molar-refractivity contribution >= 4 is 26.9 Å². The third kappa shape index (κ3) is 1.72. The normalized spacial score (nSPS) is 10.9. The van der Waals surface area contributed by atoms with Gasteiger partial charge in [-0.25, -0.2) is 0 Å². The molecule has 2 aromatic carbocycles. The standard InChI is InChI=1S/C14H9BrO2/c15-11-6-7-12(16)14-10(11)8-13(17-14)9-4-2-1-3-5-9/h1-8,16H. The summed E-state index contributed by atoms with van der Waals surface area (Å²) in [5, 5.41) is 10.6. The smallest absolute Gasteiger partial charge is 0.177 e. The SMILES string of the molecule is Oc1ccc(Br)c2cc(-c3ccccc3)oc12. The molecule has 0 radical (unpaired) electrons. The van der Waals surface area contributed by atoms with Crippen molar-refractivity contribution in [3.63, 3.8) is 0 Å². The first-order valence-electron chi connectivity index (χ1n) is 5.22. The molecule has 2 nitrogen and oxygen atoms in total. The van der Waals surface area contributed by atoms with E-state index in [9.17, 15) is 5.11 Å². The number of phenols is 1. The summed E-state index contributed by atoms with van der Waals surface area (Å²) in [6.07, 6.45) is 0. The minimum absolute atomic E-state index is 0.158. The summed E-state index contributed by atoms with van der Waals surface area (Å²) in [6, 6.07) is 15.2. The molecule has 0 fully saturated rings. The van der Waals surface area contributed by atoms with E-state index < -0.39 is 0 Å². The average Bonchev–Trinajstić information content (AvgIpc) is 2.81. The van der Waals surface area contributed by atoms with Crippen molar-refractivity contribution in [3.05, 3.63) is 53.0 Å². The van der Waals surface area contributed by atoms with E-state index in [-0.39, 0.29) is 5.75 Å². The predicted octanol–water partition coefficient (Wildman–Crippen LogP) is 4.57. The number of hydrogen-bond donors (Lipinski definition) is 1. The van der Waals surface area contributed by atoms with Gasteiger partial charge in [0.05, 0.1) is 0 Å². The minimum Gasteiger partial charge on any atom is -0.504 e. The lowest BCUT2D eigenvalue weighted by Gasteiger charge is -1.95. The van der Waals surface area contributed by atoms with E-state index in [2.05, 4.69) is 15.9 Å². The molecule has 1 N–H and O–H groups in total. The van der Waals surface area contributed by atoms with Crippen LogP contribution >= 0.6 is 15.9 Å². The van der Waals surface area contributed by atoms with E-state index >= 15 is 0 Å². The Kier molecular flexibility index (Phi) is 2.41. The molecule has 0 spiro atoms. The molecule has 84 valence electrons. The molecule has 0 atom stereocenters. The minimum atomic E-state index is 0.158. The van der Waals surface area contributed by atoms with Crippen molar-refractivity contribution < 1.29 is 9.52 Å². The van der Waals surface area contributed by atoms with Crippen LogP contribution in [0.25, 0.3) is 22.3 Å². The van der Waals surface area contributed by atoms with Crippen LogP contribution in [-0.2, 0) is 0 Å². The maximum atomic E-state index is 9.74. The Morgan fingerprint density at radius 3 is 2.47 bits per heavy atom. The maximum absolute atomic E-state index is 9.74. The van der Waals surface area contributed by atoms with E-state index in [1.807, 2.05) is 42.5 Å². The first-order valence-corrected chi connectivity index (χ1v) is 6.01. The van der Waals surface area contributed by atoms with Crippen LogP contribution in [-0.4, -0.2) is 5.11 Å². The van der Waals surface area contributed by atoms with E-state index in [0.717, 1.165) is 21.2 Å². The second-order valence-electron chi connectivity index (χ2n) is 3.79. The Labute approximate surface area is 107 Å². The van der Waals surface area contributed by atoms with Crippen molar-refractivity contribution in [1.82, 2.24) is 0 Å². The lowest BCUT2D eigenvalue weighted by atomic mass is 10.1. The molecule has 0 unspecified atom stereocenters. The van der Waals surface area contributed by atoms with Crippen molar-refractivity contribution in [2.75, 3.05) is 0 Å². The average molecular weight is 289 g/mol. The summed E-state index contributed by atoms with van der Waals surface area (Å²) >= 11 is 3.45. The molecule has 3 heteroatoms. The van der Waals surface area contributed by atoms with Crippen LogP contribution in [0.2, 0.25) is 0 Å². The molecule has 0 aliphatic heterocycles. The van der Waals surface area contributed by atoms with Gasteiger partial charge in [0.1, 0.15) is 5.76 Å². The van der Waals surface area contributed by atoms with Crippen molar-refractivity contribution in [1.29, 1.82) is 0 Å². The quantitative estimate of drug-likeness (QED) is 0.712. The summed E-state index contributed by atoms with van der Waals surface area (Å²) in [5.41, 5.74) is 1.51. The van der Waals surface area contributed by atoms with Gasteiger partial charge < -0.3 is 9.52 Å². The van der Waals surface area contributed by atoms with Crippen LogP contribution in [0.1, 0.15) is 0 Å². The summed E-state index contributed by atoms with van der Waals surface area (Å²) in [5.74, 6) is 0.910. The fourth-order valence-electron chi connectivity index (χ4n) is 1.82. The second-order valence-corrected chi connectivity index (χ2v) is 4.64. The number of benzene rings is 2. The van der Waals surface area contributed by atoms with Gasteiger partial charge in [0.2, 0.25) is 0 Å². The van der Waals surface area contributed by atoms with Gasteiger partial charge in [-0.3, -0.25) is 0 Å². The highest BCUT2D eigenvalue weighted by atomic mass is 79.9. The number of hydrogen-bond acceptors (Lipinski definition) is 2. The van der Waals surface area contributed by atoms with Crippen LogP contribution < -0.4 is 0 Å². The fraction of sp³-hybridized carbons (Fsp3) is 0. The van der Waals surface area contributed by atoms with Gasteiger partial charge in [0.15, 0.2) is 11.3 Å². The molecule has 0 bridgehead atoms. The molecule has 0 amide bonds. The number of rotatable bonds is 1. The van der Waals surface area contributed by atoms with Gasteiger partial charge in [0, 0.05) is 15.4 Å². The lowest BCUT2D eigenvalue weighted by molar-refractivity contribution is 0.466. The van der Waals surface area contributed by atoms with Crippen LogP contribution in [0.4, 0.5) is 0 Å². The Morgan fingerprint density at radius 1 is 1.00 bits per heavy atom. The van der Waals surface area contributed by atoms with Crippen LogP contribution in [0, 0.1) is 0 Å². The number of halogens is 1. The Morgan fingerprint density at radius 2 is 1.76 bits per heavy atom. The lowest BCUT2D eigenvalue weighted by Crippen LogP contribution is -1.69. The number of aromatic hydroxyl groups is 1. The van der Waals surface area contributed by atoms with Gasteiger partial charge in [-0.15, -0.1) is 0 Å². The van der Waals surface area contributed by atoms with Gasteiger partial charge >= 0.3 is 0 Å². The predicted molar refractivity (Wildman–Crippen MR) is 71.0 cm³/mol. The number of phenolic OH excluding ortho intramolecular Hbond substituents is 1. The zero-order valence-electron chi connectivity index (χ0n) is 8.85. The molecular formula is C14H9BrO2. The molecule has 0 aliphatic rings. The molecular weight excluding hydrogens is 280 g/mol. The largest absolute Gasteiger partial charge is 0.504 e. The summed E-state index contributed by atoms with van der Waals surface area (Å²) < 4.78 is 6.60. The summed E-state index contributed by atoms with van der Waals surface area (Å²) in [7, 11) is 0. The maximum Gasteiger partial charge on any atom is 0.177 e. The zero-order valence-corrected chi connectivity index (χ0v) is 10.4. The fourth-order valence-corrected chi connectivity index (χ4v) is 2.25. The molecule has 0 saturated heterocycles. The Bertz CT molecular complexity index is 632. The second kappa shape index (κ2) is 3.93. The monoisotopic (exact) mass is 288 g/mol. The third-order valence-electron chi connectivity index (χ3n) is 2.67. The Hall–Kier alpha value is -1.74. The van der Waals surface area contributed by atoms with E-state index in [1.165, 1.54) is 0 Å². The van der Waals surface area contributed by atoms with Crippen LogP contribution in [0.3, 0.4) is 0 Å². The zero-order chi connectivity index (χ0) is 11.8. The van der Waals surface area contributed by atoms with Crippen molar-refractivity contribution in [2.45, 2.75) is 0 Å². The highest BCUT2D eigenvalue weighted by Crippen LogP contribution is 2.36. The third-order valence-corrected chi connectivity index (χ3v) is 3.36. The number of fused-ring (bicyclic) bond motifs is 1. The first kappa shape index (κ1) is 10.4. The topological polar surface area (TPSA) is 33.4 Å². The first-order chi connectivity index (χ1) is 8.25. The summed E-state index contributed by atoms with van der Waals surface area (Å²) in [6.45, 7) is 0. The van der Waals surface area contributed by atoms with E-state index in [4.69, 9.17) is 4.42 Å². The molecule has 0 saturated carbocycles. The van der Waals surface area contributed by atoms with Gasteiger partial charge in [0.25, 0.3) is 0 Å². The highest BCUT2D eigenvalue weighted by Gasteiger charge is 2.11. The Balaban J connectivity index is 2.27. The summed E-state index contributed by atoms with van der Waals surface area (Å²) in [4.78, 5) is 0. The molecule has 0 aliphatic carbocycles. The van der Waals surface area contributed by atoms with E-state index in [0.29, 0.717) is 5.58 Å². The van der Waals surface area contributed by atoms with Gasteiger partial charge in [-0.1, -0.05) is 46.3 Å². The van der Waals surface area contributed by atoms with Crippen LogP contribution in [0.5, 0.6) is 5.75 Å². The van der Waals surface area contributed by atoms with E-state index in [1.54, 1.807) is 6.07 Å². The molecule has 3 aromatic rings. The molecule has 1 heterocycles. The van der Waals surface area contributed by atoms with Crippen molar-refractivity contribution in [2.24, 2.45) is 0 Å². The molecule has 3 rings (SSSR count). The van der Waals surface area contributed by atoms with Gasteiger partial charge in [-0.05, 0) is 18.2 Å². The van der Waals surface area contributed by atoms with Crippen molar-refractivity contribution in [3.8, 4) is 17.1 Å². The van der Waals surface area contributed by atoms with Gasteiger partial charge in [-0.2, -0.15) is 0 Å². The molecule has 17 heavy (non-hydrogen) atoms. The number of furan rings is 1.